The maximum atomic E-state index is 10.8. The van der Waals surface area contributed by atoms with Gasteiger partial charge in [-0.3, -0.25) is 10.1 Å². The molecule has 0 bridgehead atoms. The minimum atomic E-state index is -0.370. The van der Waals surface area contributed by atoms with E-state index in [0.29, 0.717) is 5.56 Å². The molecule has 1 saturated heterocycles. The van der Waals surface area contributed by atoms with E-state index in [1.807, 2.05) is 12.1 Å². The quantitative estimate of drug-likeness (QED) is 0.605. The van der Waals surface area contributed by atoms with Gasteiger partial charge in [-0.05, 0) is 19.2 Å². The Morgan fingerprint density at radius 1 is 1.33 bits per heavy atom. The first-order valence-electron chi connectivity index (χ1n) is 5.96. The first-order valence-corrected chi connectivity index (χ1v) is 5.96. The van der Waals surface area contributed by atoms with Gasteiger partial charge >= 0.3 is 0 Å². The highest BCUT2D eigenvalue weighted by Crippen LogP contribution is 2.26. The molecule has 1 heterocycles. The van der Waals surface area contributed by atoms with Crippen LogP contribution in [0.5, 0.6) is 0 Å². The first kappa shape index (κ1) is 12.6. The van der Waals surface area contributed by atoms with Crippen molar-refractivity contribution in [1.29, 1.82) is 0 Å². The Morgan fingerprint density at radius 3 is 2.56 bits per heavy atom. The molecule has 0 aliphatic carbocycles. The summed E-state index contributed by atoms with van der Waals surface area (Å²) in [6, 6.07) is 5.22. The minimum Gasteiger partial charge on any atom is -0.369 e. The van der Waals surface area contributed by atoms with Crippen molar-refractivity contribution in [3.05, 3.63) is 40.5 Å². The molecular weight excluding hydrogens is 230 g/mol. The SMILES string of the molecule is C=Cc1cc(N2CCN(C)CC2)ccc1[N+](=O)[O-]. The number of piperazine rings is 1. The van der Waals surface area contributed by atoms with Gasteiger partial charge in [-0.15, -0.1) is 0 Å². The number of benzene rings is 1. The summed E-state index contributed by atoms with van der Waals surface area (Å²) in [6.45, 7) is 7.57. The van der Waals surface area contributed by atoms with Crippen molar-refractivity contribution in [3.63, 3.8) is 0 Å². The van der Waals surface area contributed by atoms with Crippen LogP contribution < -0.4 is 4.90 Å². The Balaban J connectivity index is 2.24. The second-order valence-corrected chi connectivity index (χ2v) is 4.49. The summed E-state index contributed by atoms with van der Waals surface area (Å²) in [4.78, 5) is 15.0. The number of hydrogen-bond donors (Lipinski definition) is 0. The van der Waals surface area contributed by atoms with Crippen LogP contribution in [0.15, 0.2) is 24.8 Å². The summed E-state index contributed by atoms with van der Waals surface area (Å²) in [7, 11) is 2.10. The fourth-order valence-corrected chi connectivity index (χ4v) is 2.13. The van der Waals surface area contributed by atoms with Gasteiger partial charge in [-0.25, -0.2) is 0 Å². The molecule has 5 nitrogen and oxygen atoms in total. The molecule has 96 valence electrons. The Bertz CT molecular complexity index is 465. The Labute approximate surface area is 106 Å². The van der Waals surface area contributed by atoms with Crippen molar-refractivity contribution >= 4 is 17.5 Å². The smallest absolute Gasteiger partial charge is 0.276 e. The van der Waals surface area contributed by atoms with E-state index < -0.39 is 0 Å². The van der Waals surface area contributed by atoms with E-state index >= 15 is 0 Å². The lowest BCUT2D eigenvalue weighted by Gasteiger charge is -2.34. The average Bonchev–Trinajstić information content (AvgIpc) is 2.38. The third kappa shape index (κ3) is 2.51. The molecule has 1 aromatic carbocycles. The van der Waals surface area contributed by atoms with Crippen LogP contribution in [0.25, 0.3) is 6.08 Å². The molecule has 0 amide bonds. The molecule has 1 fully saturated rings. The number of nitro groups is 1. The number of hydrogen-bond acceptors (Lipinski definition) is 4. The Morgan fingerprint density at radius 2 is 2.00 bits per heavy atom. The van der Waals surface area contributed by atoms with E-state index in [-0.39, 0.29) is 10.6 Å². The minimum absolute atomic E-state index is 0.114. The highest BCUT2D eigenvalue weighted by Gasteiger charge is 2.17. The fraction of sp³-hybridized carbons (Fsp3) is 0.385. The third-order valence-electron chi connectivity index (χ3n) is 3.30. The zero-order valence-corrected chi connectivity index (χ0v) is 10.5. The van der Waals surface area contributed by atoms with Gasteiger partial charge in [0.05, 0.1) is 10.5 Å². The van der Waals surface area contributed by atoms with Crippen molar-refractivity contribution in [2.75, 3.05) is 38.1 Å². The lowest BCUT2D eigenvalue weighted by atomic mass is 10.1. The molecule has 5 heteroatoms. The van der Waals surface area contributed by atoms with Crippen LogP contribution in [-0.2, 0) is 0 Å². The van der Waals surface area contributed by atoms with E-state index in [4.69, 9.17) is 0 Å². The molecule has 0 saturated carbocycles. The van der Waals surface area contributed by atoms with Crippen LogP contribution in [0.3, 0.4) is 0 Å². The summed E-state index contributed by atoms with van der Waals surface area (Å²) in [6.07, 6.45) is 1.54. The van der Waals surface area contributed by atoms with Crippen LogP contribution in [0.2, 0.25) is 0 Å². The predicted octanol–water partition coefficient (Wildman–Crippen LogP) is 1.99. The topological polar surface area (TPSA) is 49.6 Å². The van der Waals surface area contributed by atoms with Crippen LogP contribution in [0.1, 0.15) is 5.56 Å². The van der Waals surface area contributed by atoms with Gasteiger partial charge in [0.25, 0.3) is 5.69 Å². The van der Waals surface area contributed by atoms with Crippen molar-refractivity contribution in [2.24, 2.45) is 0 Å². The fourth-order valence-electron chi connectivity index (χ4n) is 2.13. The normalized spacial score (nSPS) is 16.6. The lowest BCUT2D eigenvalue weighted by Crippen LogP contribution is -2.44. The predicted molar refractivity (Wildman–Crippen MR) is 72.9 cm³/mol. The maximum Gasteiger partial charge on any atom is 0.276 e. The summed E-state index contributed by atoms with van der Waals surface area (Å²) in [5.74, 6) is 0. The molecule has 0 unspecified atom stereocenters. The number of nitrogens with zero attached hydrogens (tertiary/aromatic N) is 3. The highest BCUT2D eigenvalue weighted by atomic mass is 16.6. The number of rotatable bonds is 3. The number of likely N-dealkylation sites (N-methyl/N-ethyl adjacent to an activating group) is 1. The van der Waals surface area contributed by atoms with E-state index in [9.17, 15) is 10.1 Å². The van der Waals surface area contributed by atoms with E-state index in [1.165, 1.54) is 6.08 Å². The van der Waals surface area contributed by atoms with E-state index in [1.54, 1.807) is 6.07 Å². The molecule has 1 aromatic rings. The molecule has 0 atom stereocenters. The second-order valence-electron chi connectivity index (χ2n) is 4.49. The lowest BCUT2D eigenvalue weighted by molar-refractivity contribution is -0.385. The van der Waals surface area contributed by atoms with Gasteiger partial charge in [0.1, 0.15) is 0 Å². The van der Waals surface area contributed by atoms with Gasteiger partial charge in [-0.1, -0.05) is 12.7 Å². The second kappa shape index (κ2) is 5.18. The number of anilines is 1. The van der Waals surface area contributed by atoms with Crippen molar-refractivity contribution in [1.82, 2.24) is 4.90 Å². The van der Waals surface area contributed by atoms with Crippen LogP contribution in [-0.4, -0.2) is 43.0 Å². The molecule has 0 radical (unpaired) electrons. The standard InChI is InChI=1S/C13H17N3O2/c1-3-11-10-12(4-5-13(11)16(17)18)15-8-6-14(2)7-9-15/h3-5,10H,1,6-9H2,2H3. The Kier molecular flexibility index (Phi) is 3.62. The summed E-state index contributed by atoms with van der Waals surface area (Å²) in [5.41, 5.74) is 1.72. The molecule has 1 aliphatic heterocycles. The van der Waals surface area contributed by atoms with Crippen molar-refractivity contribution < 1.29 is 4.92 Å². The Hall–Kier alpha value is -1.88. The summed E-state index contributed by atoms with van der Waals surface area (Å²) in [5, 5.41) is 10.8. The zero-order valence-electron chi connectivity index (χ0n) is 10.5. The van der Waals surface area contributed by atoms with Gasteiger partial charge in [0.2, 0.25) is 0 Å². The molecule has 1 aliphatic rings. The van der Waals surface area contributed by atoms with Gasteiger partial charge in [-0.2, -0.15) is 0 Å². The van der Waals surface area contributed by atoms with Crippen LogP contribution >= 0.6 is 0 Å². The van der Waals surface area contributed by atoms with Gasteiger partial charge < -0.3 is 9.80 Å². The van der Waals surface area contributed by atoms with Crippen molar-refractivity contribution in [2.45, 2.75) is 0 Å². The van der Waals surface area contributed by atoms with Crippen LogP contribution in [0, 0.1) is 10.1 Å². The van der Waals surface area contributed by atoms with E-state index in [2.05, 4.69) is 23.4 Å². The largest absolute Gasteiger partial charge is 0.369 e. The molecule has 18 heavy (non-hydrogen) atoms. The summed E-state index contributed by atoms with van der Waals surface area (Å²) < 4.78 is 0. The average molecular weight is 247 g/mol. The van der Waals surface area contributed by atoms with Crippen LogP contribution in [0.4, 0.5) is 11.4 Å². The molecule has 2 rings (SSSR count). The first-order chi connectivity index (χ1) is 8.61. The molecule has 0 spiro atoms. The summed E-state index contributed by atoms with van der Waals surface area (Å²) >= 11 is 0. The monoisotopic (exact) mass is 247 g/mol. The molecular formula is C13H17N3O2. The number of nitro benzene ring substituents is 1. The maximum absolute atomic E-state index is 10.8. The molecule has 0 aromatic heterocycles. The van der Waals surface area contributed by atoms with Gasteiger partial charge in [0.15, 0.2) is 0 Å². The zero-order chi connectivity index (χ0) is 13.1. The van der Waals surface area contributed by atoms with E-state index in [0.717, 1.165) is 31.9 Å². The highest BCUT2D eigenvalue weighted by molar-refractivity contribution is 5.66. The molecule has 0 N–H and O–H groups in total. The third-order valence-corrected chi connectivity index (χ3v) is 3.30. The van der Waals surface area contributed by atoms with Gasteiger partial charge in [0, 0.05) is 37.9 Å². The van der Waals surface area contributed by atoms with Crippen molar-refractivity contribution in [3.8, 4) is 0 Å².